The predicted molar refractivity (Wildman–Crippen MR) is 70.6 cm³/mol. The number of hydrogen-bond donors (Lipinski definition) is 2. The van der Waals surface area contributed by atoms with E-state index in [9.17, 15) is 9.59 Å². The second kappa shape index (κ2) is 7.45. The fourth-order valence-electron chi connectivity index (χ4n) is 2.16. The maximum absolute atomic E-state index is 12.2. The summed E-state index contributed by atoms with van der Waals surface area (Å²) in [5, 5.41) is 5.98. The van der Waals surface area contributed by atoms with Crippen LogP contribution in [0, 0.1) is 11.8 Å². The third-order valence-electron chi connectivity index (χ3n) is 3.30. The first-order chi connectivity index (χ1) is 9.01. The van der Waals surface area contributed by atoms with Crippen LogP contribution >= 0.6 is 0 Å². The van der Waals surface area contributed by atoms with Gasteiger partial charge in [-0.15, -0.1) is 0 Å². The maximum atomic E-state index is 12.2. The smallest absolute Gasteiger partial charge is 0.328 e. The second-order valence-electron chi connectivity index (χ2n) is 5.06. The molecule has 6 nitrogen and oxygen atoms in total. The van der Waals surface area contributed by atoms with Gasteiger partial charge in [0.1, 0.15) is 6.04 Å². The van der Waals surface area contributed by atoms with E-state index in [1.54, 1.807) is 0 Å². The number of hydrogen-bond acceptors (Lipinski definition) is 5. The molecule has 0 aromatic rings. The molecule has 3 atom stereocenters. The van der Waals surface area contributed by atoms with Gasteiger partial charge in [-0.05, 0) is 12.5 Å². The molecule has 3 unspecified atom stereocenters. The molecule has 0 spiro atoms. The van der Waals surface area contributed by atoms with Crippen molar-refractivity contribution in [1.29, 1.82) is 0 Å². The molecule has 1 saturated heterocycles. The number of amides is 1. The Labute approximate surface area is 114 Å². The molecule has 0 radical (unpaired) electrons. The van der Waals surface area contributed by atoms with E-state index >= 15 is 0 Å². The number of rotatable bonds is 6. The number of esters is 1. The van der Waals surface area contributed by atoms with E-state index in [0.717, 1.165) is 6.54 Å². The van der Waals surface area contributed by atoms with Gasteiger partial charge < -0.3 is 20.1 Å². The Morgan fingerprint density at radius 1 is 1.37 bits per heavy atom. The molecule has 0 aliphatic carbocycles. The van der Waals surface area contributed by atoms with Crippen molar-refractivity contribution in [3.8, 4) is 0 Å². The minimum Gasteiger partial charge on any atom is -0.467 e. The normalized spacial score (nSPS) is 24.3. The van der Waals surface area contributed by atoms with Crippen molar-refractivity contribution in [3.05, 3.63) is 0 Å². The van der Waals surface area contributed by atoms with E-state index in [-0.39, 0.29) is 23.8 Å². The molecule has 1 rings (SSSR count). The number of methoxy groups -OCH3 is 1. The van der Waals surface area contributed by atoms with Crippen LogP contribution in [0.15, 0.2) is 0 Å². The Hall–Kier alpha value is -1.14. The van der Waals surface area contributed by atoms with E-state index in [2.05, 4.69) is 10.6 Å². The first kappa shape index (κ1) is 15.9. The molecule has 0 aromatic carbocycles. The van der Waals surface area contributed by atoms with Crippen molar-refractivity contribution in [2.45, 2.75) is 32.9 Å². The van der Waals surface area contributed by atoms with Crippen molar-refractivity contribution in [2.24, 2.45) is 11.8 Å². The van der Waals surface area contributed by atoms with Gasteiger partial charge in [0.25, 0.3) is 0 Å². The SMILES string of the molecule is CCNC1COCC1C(=O)NC(C(=O)OC)C(C)C. The third-order valence-corrected chi connectivity index (χ3v) is 3.30. The lowest BCUT2D eigenvalue weighted by Crippen LogP contribution is -2.51. The highest BCUT2D eigenvalue weighted by Crippen LogP contribution is 2.15. The van der Waals surface area contributed by atoms with Crippen LogP contribution in [0.1, 0.15) is 20.8 Å². The molecule has 1 heterocycles. The lowest BCUT2D eigenvalue weighted by atomic mass is 9.99. The van der Waals surface area contributed by atoms with Gasteiger partial charge >= 0.3 is 5.97 Å². The Morgan fingerprint density at radius 3 is 2.58 bits per heavy atom. The molecule has 19 heavy (non-hydrogen) atoms. The van der Waals surface area contributed by atoms with Gasteiger partial charge in [0.15, 0.2) is 0 Å². The highest BCUT2D eigenvalue weighted by molar-refractivity contribution is 5.86. The Kier molecular flexibility index (Phi) is 6.24. The Bertz CT molecular complexity index is 320. The number of nitrogens with one attached hydrogen (secondary N) is 2. The molecule has 2 N–H and O–H groups in total. The zero-order chi connectivity index (χ0) is 14.4. The lowest BCUT2D eigenvalue weighted by molar-refractivity contribution is -0.147. The first-order valence-corrected chi connectivity index (χ1v) is 6.70. The Balaban J connectivity index is 2.63. The molecule has 1 fully saturated rings. The van der Waals surface area contributed by atoms with E-state index in [1.165, 1.54) is 7.11 Å². The highest BCUT2D eigenvalue weighted by Gasteiger charge is 2.36. The van der Waals surface area contributed by atoms with E-state index in [0.29, 0.717) is 13.2 Å². The van der Waals surface area contributed by atoms with Crippen molar-refractivity contribution in [1.82, 2.24) is 10.6 Å². The van der Waals surface area contributed by atoms with Gasteiger partial charge in [0.05, 0.1) is 26.2 Å². The minimum atomic E-state index is -0.611. The van der Waals surface area contributed by atoms with E-state index < -0.39 is 12.0 Å². The lowest BCUT2D eigenvalue weighted by Gasteiger charge is -2.23. The van der Waals surface area contributed by atoms with Crippen molar-refractivity contribution in [2.75, 3.05) is 26.9 Å². The average Bonchev–Trinajstić information content (AvgIpc) is 2.83. The summed E-state index contributed by atoms with van der Waals surface area (Å²) in [6.07, 6.45) is 0. The molecule has 0 bridgehead atoms. The number of carbonyl (C=O) groups is 2. The molecule has 1 aliphatic rings. The van der Waals surface area contributed by atoms with Crippen LogP contribution in [0.4, 0.5) is 0 Å². The molecule has 1 aliphatic heterocycles. The van der Waals surface area contributed by atoms with Gasteiger partial charge in [-0.2, -0.15) is 0 Å². The van der Waals surface area contributed by atoms with Crippen LogP contribution in [-0.4, -0.2) is 50.8 Å². The summed E-state index contributed by atoms with van der Waals surface area (Å²) in [6, 6.07) is -0.601. The summed E-state index contributed by atoms with van der Waals surface area (Å²) in [6.45, 7) is 7.41. The summed E-state index contributed by atoms with van der Waals surface area (Å²) in [5.74, 6) is -0.850. The zero-order valence-corrected chi connectivity index (χ0v) is 12.1. The van der Waals surface area contributed by atoms with Crippen LogP contribution < -0.4 is 10.6 Å². The minimum absolute atomic E-state index is 0.00968. The summed E-state index contributed by atoms with van der Waals surface area (Å²) in [5.41, 5.74) is 0. The van der Waals surface area contributed by atoms with Gasteiger partial charge in [-0.25, -0.2) is 4.79 Å². The van der Waals surface area contributed by atoms with Crippen LogP contribution in [0.2, 0.25) is 0 Å². The summed E-state index contributed by atoms with van der Waals surface area (Å²) in [7, 11) is 1.32. The van der Waals surface area contributed by atoms with Gasteiger partial charge in [-0.1, -0.05) is 20.8 Å². The number of carbonyl (C=O) groups excluding carboxylic acids is 2. The van der Waals surface area contributed by atoms with Gasteiger partial charge in [0.2, 0.25) is 5.91 Å². The standard InChI is InChI=1S/C13H24N2O4/c1-5-14-10-7-19-6-9(10)12(16)15-11(8(2)3)13(17)18-4/h8-11,14H,5-7H2,1-4H3,(H,15,16). The maximum Gasteiger partial charge on any atom is 0.328 e. The van der Waals surface area contributed by atoms with E-state index in [1.807, 2.05) is 20.8 Å². The summed E-state index contributed by atoms with van der Waals surface area (Å²) >= 11 is 0. The molecular formula is C13H24N2O4. The van der Waals surface area contributed by atoms with Crippen LogP contribution in [0.5, 0.6) is 0 Å². The molecule has 110 valence electrons. The fraction of sp³-hybridized carbons (Fsp3) is 0.846. The summed E-state index contributed by atoms with van der Waals surface area (Å²) < 4.78 is 10.0. The van der Waals surface area contributed by atoms with Crippen LogP contribution in [0.3, 0.4) is 0 Å². The fourth-order valence-corrected chi connectivity index (χ4v) is 2.16. The van der Waals surface area contributed by atoms with Crippen LogP contribution in [0.25, 0.3) is 0 Å². The molecule has 0 saturated carbocycles. The highest BCUT2D eigenvalue weighted by atomic mass is 16.5. The summed E-state index contributed by atoms with van der Waals surface area (Å²) in [4.78, 5) is 23.9. The monoisotopic (exact) mass is 272 g/mol. The Morgan fingerprint density at radius 2 is 2.05 bits per heavy atom. The third kappa shape index (κ3) is 4.18. The zero-order valence-electron chi connectivity index (χ0n) is 12.1. The molecule has 6 heteroatoms. The van der Waals surface area contributed by atoms with Crippen molar-refractivity contribution in [3.63, 3.8) is 0 Å². The largest absolute Gasteiger partial charge is 0.467 e. The number of ether oxygens (including phenoxy) is 2. The van der Waals surface area contributed by atoms with Crippen molar-refractivity contribution >= 4 is 11.9 Å². The first-order valence-electron chi connectivity index (χ1n) is 6.70. The van der Waals surface area contributed by atoms with Crippen LogP contribution in [-0.2, 0) is 19.1 Å². The van der Waals surface area contributed by atoms with Gasteiger partial charge in [-0.3, -0.25) is 4.79 Å². The molecule has 1 amide bonds. The second-order valence-corrected chi connectivity index (χ2v) is 5.06. The predicted octanol–water partition coefficient (Wildman–Crippen LogP) is -0.0753. The van der Waals surface area contributed by atoms with Crippen molar-refractivity contribution < 1.29 is 19.1 Å². The van der Waals surface area contributed by atoms with E-state index in [4.69, 9.17) is 9.47 Å². The quantitative estimate of drug-likeness (QED) is 0.662. The molecular weight excluding hydrogens is 248 g/mol. The van der Waals surface area contributed by atoms with Gasteiger partial charge in [0, 0.05) is 6.04 Å². The number of likely N-dealkylation sites (N-methyl/N-ethyl adjacent to an activating group) is 1. The molecule has 0 aromatic heterocycles. The average molecular weight is 272 g/mol. The topological polar surface area (TPSA) is 76.7 Å².